The molecular weight excluding hydrogens is 286 g/mol. The van der Waals surface area contributed by atoms with Crippen LogP contribution < -0.4 is 11.1 Å². The molecule has 2 atom stereocenters. The van der Waals surface area contributed by atoms with E-state index in [4.69, 9.17) is 10.5 Å². The van der Waals surface area contributed by atoms with Gasteiger partial charge in [-0.1, -0.05) is 23.9 Å². The van der Waals surface area contributed by atoms with Gasteiger partial charge in [-0.3, -0.25) is 4.79 Å². The van der Waals surface area contributed by atoms with E-state index in [2.05, 4.69) is 5.32 Å². The Balaban J connectivity index is 2.01. The van der Waals surface area contributed by atoms with E-state index in [0.717, 1.165) is 6.42 Å². The molecule has 1 heterocycles. The van der Waals surface area contributed by atoms with Crippen LogP contribution in [-0.4, -0.2) is 30.4 Å². The first-order valence-electron chi connectivity index (χ1n) is 6.30. The van der Waals surface area contributed by atoms with Gasteiger partial charge in [-0.15, -0.1) is 0 Å². The number of thioether (sulfide) groups is 1. The Morgan fingerprint density at radius 2 is 2.20 bits per heavy atom. The van der Waals surface area contributed by atoms with Crippen LogP contribution in [0.4, 0.5) is 14.5 Å². The number of amides is 1. The number of ether oxygens (including phenoxy) is 1. The Labute approximate surface area is 120 Å². The van der Waals surface area contributed by atoms with Gasteiger partial charge in [0.25, 0.3) is 11.7 Å². The number of para-hydroxylation sites is 1. The lowest BCUT2D eigenvalue weighted by Crippen LogP contribution is -2.30. The quantitative estimate of drug-likeness (QED) is 0.820. The summed E-state index contributed by atoms with van der Waals surface area (Å²) in [6.45, 7) is 0.377. The van der Waals surface area contributed by atoms with Crippen molar-refractivity contribution in [3.8, 4) is 0 Å². The van der Waals surface area contributed by atoms with E-state index < -0.39 is 11.9 Å². The highest BCUT2D eigenvalue weighted by Gasteiger charge is 2.30. The molecule has 1 amide bonds. The zero-order valence-electron chi connectivity index (χ0n) is 10.7. The summed E-state index contributed by atoms with van der Waals surface area (Å²) >= 11 is 0.406. The Morgan fingerprint density at radius 1 is 1.45 bits per heavy atom. The molecule has 2 rings (SSSR count). The van der Waals surface area contributed by atoms with Gasteiger partial charge in [-0.05, 0) is 25.0 Å². The summed E-state index contributed by atoms with van der Waals surface area (Å²) in [4.78, 5) is 12.4. The SMILES string of the molecule is NC[C@H]1CC[C@@H](C(=O)Nc2ccccc2SC(F)F)O1. The highest BCUT2D eigenvalue weighted by Crippen LogP contribution is 2.32. The van der Waals surface area contributed by atoms with Gasteiger partial charge < -0.3 is 15.8 Å². The Kier molecular flexibility index (Phi) is 5.33. The average Bonchev–Trinajstić information content (AvgIpc) is 2.89. The van der Waals surface area contributed by atoms with E-state index in [1.807, 2.05) is 0 Å². The smallest absolute Gasteiger partial charge is 0.288 e. The van der Waals surface area contributed by atoms with Crippen LogP contribution >= 0.6 is 11.8 Å². The van der Waals surface area contributed by atoms with Crippen molar-refractivity contribution in [1.82, 2.24) is 0 Å². The molecule has 4 nitrogen and oxygen atoms in total. The fourth-order valence-electron chi connectivity index (χ4n) is 2.05. The van der Waals surface area contributed by atoms with Crippen LogP contribution in [0, 0.1) is 0 Å². The van der Waals surface area contributed by atoms with Crippen molar-refractivity contribution in [2.45, 2.75) is 35.7 Å². The standard InChI is InChI=1S/C13H16F2N2O2S/c14-13(15)20-11-4-2-1-3-9(11)17-12(18)10-6-5-8(7-16)19-10/h1-4,8,10,13H,5-7,16H2,(H,17,18)/t8-,10+/m1/s1. The molecule has 1 aliphatic heterocycles. The fourth-order valence-corrected chi connectivity index (χ4v) is 2.65. The predicted octanol–water partition coefficient (Wildman–Crippen LogP) is 2.45. The van der Waals surface area contributed by atoms with E-state index in [9.17, 15) is 13.6 Å². The van der Waals surface area contributed by atoms with E-state index in [1.165, 1.54) is 0 Å². The number of nitrogens with two attached hydrogens (primary N) is 1. The van der Waals surface area contributed by atoms with Crippen LogP contribution in [0.15, 0.2) is 29.2 Å². The summed E-state index contributed by atoms with van der Waals surface area (Å²) in [5.41, 5.74) is 5.86. The molecule has 0 aliphatic carbocycles. The van der Waals surface area contributed by atoms with Gasteiger partial charge in [-0.2, -0.15) is 8.78 Å². The summed E-state index contributed by atoms with van der Waals surface area (Å²) in [7, 11) is 0. The van der Waals surface area contributed by atoms with Crippen molar-refractivity contribution < 1.29 is 18.3 Å². The summed E-state index contributed by atoms with van der Waals surface area (Å²) in [6, 6.07) is 6.48. The molecule has 1 fully saturated rings. The molecule has 7 heteroatoms. The predicted molar refractivity (Wildman–Crippen MR) is 73.9 cm³/mol. The van der Waals surface area contributed by atoms with Gasteiger partial charge in [0, 0.05) is 11.4 Å². The number of hydrogen-bond donors (Lipinski definition) is 2. The fraction of sp³-hybridized carbons (Fsp3) is 0.462. The third-order valence-corrected chi connectivity index (χ3v) is 3.81. The van der Waals surface area contributed by atoms with Crippen LogP contribution in [0.1, 0.15) is 12.8 Å². The van der Waals surface area contributed by atoms with Crippen LogP contribution in [0.25, 0.3) is 0 Å². The number of benzene rings is 1. The summed E-state index contributed by atoms with van der Waals surface area (Å²) in [5, 5.41) is 2.64. The molecule has 0 radical (unpaired) electrons. The molecule has 1 aromatic carbocycles. The number of nitrogens with one attached hydrogen (secondary N) is 1. The van der Waals surface area contributed by atoms with Crippen molar-refractivity contribution in [2.24, 2.45) is 5.73 Å². The third-order valence-electron chi connectivity index (χ3n) is 3.02. The summed E-state index contributed by atoms with van der Waals surface area (Å²) in [6.07, 6.45) is 0.671. The minimum Gasteiger partial charge on any atom is -0.364 e. The molecule has 0 saturated carbocycles. The van der Waals surface area contributed by atoms with Crippen molar-refractivity contribution in [3.63, 3.8) is 0 Å². The summed E-state index contributed by atoms with van der Waals surface area (Å²) < 4.78 is 30.4. The normalized spacial score (nSPS) is 22.2. The van der Waals surface area contributed by atoms with Crippen LogP contribution in [0.3, 0.4) is 0 Å². The highest BCUT2D eigenvalue weighted by atomic mass is 32.2. The molecule has 20 heavy (non-hydrogen) atoms. The molecule has 1 saturated heterocycles. The number of alkyl halides is 2. The van der Waals surface area contributed by atoms with Crippen LogP contribution in [0.5, 0.6) is 0 Å². The number of rotatable bonds is 5. The minimum atomic E-state index is -2.53. The number of halogens is 2. The molecule has 3 N–H and O–H groups in total. The van der Waals surface area contributed by atoms with E-state index in [-0.39, 0.29) is 12.0 Å². The zero-order valence-corrected chi connectivity index (χ0v) is 11.5. The first-order valence-corrected chi connectivity index (χ1v) is 7.18. The second-order valence-electron chi connectivity index (χ2n) is 4.42. The van der Waals surface area contributed by atoms with Crippen molar-refractivity contribution in [2.75, 3.05) is 11.9 Å². The molecule has 0 unspecified atom stereocenters. The van der Waals surface area contributed by atoms with Crippen LogP contribution in [0.2, 0.25) is 0 Å². The van der Waals surface area contributed by atoms with Crippen LogP contribution in [-0.2, 0) is 9.53 Å². The van der Waals surface area contributed by atoms with E-state index >= 15 is 0 Å². The number of carbonyl (C=O) groups is 1. The van der Waals surface area contributed by atoms with Gasteiger partial charge in [0.2, 0.25) is 0 Å². The zero-order chi connectivity index (χ0) is 14.5. The summed E-state index contributed by atoms with van der Waals surface area (Å²) in [5.74, 6) is -2.85. The Morgan fingerprint density at radius 3 is 2.85 bits per heavy atom. The largest absolute Gasteiger partial charge is 0.364 e. The van der Waals surface area contributed by atoms with Crippen molar-refractivity contribution in [3.05, 3.63) is 24.3 Å². The first kappa shape index (κ1) is 15.2. The molecule has 1 aliphatic rings. The maximum atomic E-state index is 12.4. The maximum absolute atomic E-state index is 12.4. The highest BCUT2D eigenvalue weighted by molar-refractivity contribution is 7.99. The lowest BCUT2D eigenvalue weighted by atomic mass is 10.2. The molecule has 0 spiro atoms. The lowest BCUT2D eigenvalue weighted by Gasteiger charge is -2.14. The van der Waals surface area contributed by atoms with Crippen molar-refractivity contribution in [1.29, 1.82) is 0 Å². The molecule has 0 bridgehead atoms. The average molecular weight is 302 g/mol. The minimum absolute atomic E-state index is 0.101. The first-order chi connectivity index (χ1) is 9.60. The van der Waals surface area contributed by atoms with Gasteiger partial charge in [0.05, 0.1) is 11.8 Å². The second kappa shape index (κ2) is 7.01. The number of anilines is 1. The maximum Gasteiger partial charge on any atom is 0.288 e. The Bertz CT molecular complexity index is 473. The van der Waals surface area contributed by atoms with Gasteiger partial charge >= 0.3 is 0 Å². The lowest BCUT2D eigenvalue weighted by molar-refractivity contribution is -0.126. The molecular formula is C13H16F2N2O2S. The number of carbonyl (C=O) groups excluding carboxylic acids is 1. The molecule has 0 aromatic heterocycles. The van der Waals surface area contributed by atoms with Gasteiger partial charge in [0.15, 0.2) is 0 Å². The third kappa shape index (κ3) is 3.91. The van der Waals surface area contributed by atoms with Gasteiger partial charge in [0.1, 0.15) is 6.10 Å². The topological polar surface area (TPSA) is 64.4 Å². The Hall–Kier alpha value is -1.18. The van der Waals surface area contributed by atoms with E-state index in [0.29, 0.717) is 35.3 Å². The molecule has 110 valence electrons. The second-order valence-corrected chi connectivity index (χ2v) is 5.46. The number of hydrogen-bond acceptors (Lipinski definition) is 4. The monoisotopic (exact) mass is 302 g/mol. The van der Waals surface area contributed by atoms with Gasteiger partial charge in [-0.25, -0.2) is 0 Å². The van der Waals surface area contributed by atoms with Crippen molar-refractivity contribution >= 4 is 23.4 Å². The van der Waals surface area contributed by atoms with E-state index in [1.54, 1.807) is 24.3 Å². The molecule has 1 aromatic rings.